The number of H-pyrrole nitrogens is 1. The van der Waals surface area contributed by atoms with Crippen LogP contribution < -0.4 is 5.32 Å². The maximum absolute atomic E-state index is 12.7. The number of benzene rings is 2. The number of morpholine rings is 1. The van der Waals surface area contributed by atoms with Crippen molar-refractivity contribution in [1.29, 1.82) is 0 Å². The Kier molecular flexibility index (Phi) is 5.46. The van der Waals surface area contributed by atoms with Crippen LogP contribution in [0, 0.1) is 13.8 Å². The third-order valence-electron chi connectivity index (χ3n) is 5.63. The van der Waals surface area contributed by atoms with Crippen molar-refractivity contribution in [2.24, 2.45) is 0 Å². The van der Waals surface area contributed by atoms with Crippen LogP contribution in [0.15, 0.2) is 42.5 Å². The minimum absolute atomic E-state index is 0.0404. The van der Waals surface area contributed by atoms with Crippen LogP contribution in [0.5, 0.6) is 0 Å². The fourth-order valence-corrected chi connectivity index (χ4v) is 3.76. The lowest BCUT2D eigenvalue weighted by atomic mass is 10.1. The van der Waals surface area contributed by atoms with E-state index in [1.165, 1.54) is 11.1 Å². The molecule has 146 valence electrons. The van der Waals surface area contributed by atoms with Gasteiger partial charge in [0.15, 0.2) is 0 Å². The van der Waals surface area contributed by atoms with E-state index in [0.29, 0.717) is 12.1 Å². The van der Waals surface area contributed by atoms with Crippen molar-refractivity contribution in [1.82, 2.24) is 15.2 Å². The number of nitrogens with zero attached hydrogens (tertiary/aromatic N) is 1. The average Bonchev–Trinajstić information content (AvgIpc) is 3.01. The van der Waals surface area contributed by atoms with Gasteiger partial charge in [0.25, 0.3) is 5.91 Å². The standard InChI is InChI=1S/C23H27N3O2/c1-16-17(2)25-22-8-7-18(13-21(16)22)23(27)24-14-19-5-3-4-6-20(19)15-26-9-11-28-12-10-26/h3-8,13,25H,9-12,14-15H2,1-2H3,(H,24,27). The fourth-order valence-electron chi connectivity index (χ4n) is 3.76. The zero-order chi connectivity index (χ0) is 19.5. The van der Waals surface area contributed by atoms with Crippen molar-refractivity contribution in [3.05, 3.63) is 70.4 Å². The molecule has 0 saturated carbocycles. The Labute approximate surface area is 165 Å². The molecule has 5 heteroatoms. The van der Waals surface area contributed by atoms with Gasteiger partial charge in [0.05, 0.1) is 13.2 Å². The van der Waals surface area contributed by atoms with Crippen molar-refractivity contribution >= 4 is 16.8 Å². The van der Waals surface area contributed by atoms with Gasteiger partial charge in [-0.1, -0.05) is 24.3 Å². The van der Waals surface area contributed by atoms with Crippen molar-refractivity contribution in [3.8, 4) is 0 Å². The number of aromatic nitrogens is 1. The lowest BCUT2D eigenvalue weighted by Gasteiger charge is -2.27. The molecule has 0 unspecified atom stereocenters. The van der Waals surface area contributed by atoms with Crippen LogP contribution in [0.1, 0.15) is 32.7 Å². The van der Waals surface area contributed by atoms with Crippen LogP contribution in [-0.4, -0.2) is 42.1 Å². The van der Waals surface area contributed by atoms with Gasteiger partial charge in [-0.05, 0) is 48.7 Å². The Morgan fingerprint density at radius 3 is 2.64 bits per heavy atom. The molecular formula is C23H27N3O2. The van der Waals surface area contributed by atoms with Gasteiger partial charge in [0, 0.05) is 48.3 Å². The van der Waals surface area contributed by atoms with Gasteiger partial charge in [-0.2, -0.15) is 0 Å². The zero-order valence-corrected chi connectivity index (χ0v) is 16.5. The van der Waals surface area contributed by atoms with Gasteiger partial charge < -0.3 is 15.0 Å². The van der Waals surface area contributed by atoms with E-state index in [1.54, 1.807) is 0 Å². The average molecular weight is 377 g/mol. The van der Waals surface area contributed by atoms with Gasteiger partial charge in [0.2, 0.25) is 0 Å². The Hall–Kier alpha value is -2.63. The summed E-state index contributed by atoms with van der Waals surface area (Å²) in [6.07, 6.45) is 0. The quantitative estimate of drug-likeness (QED) is 0.715. The van der Waals surface area contributed by atoms with Crippen LogP contribution in [0.3, 0.4) is 0 Å². The molecule has 3 aromatic rings. The van der Waals surface area contributed by atoms with E-state index >= 15 is 0 Å². The van der Waals surface area contributed by atoms with E-state index in [2.05, 4.69) is 47.2 Å². The van der Waals surface area contributed by atoms with Crippen molar-refractivity contribution in [2.75, 3.05) is 26.3 Å². The molecule has 2 aromatic carbocycles. The molecule has 0 atom stereocenters. The number of hydrogen-bond donors (Lipinski definition) is 2. The van der Waals surface area contributed by atoms with E-state index in [0.717, 1.165) is 55.0 Å². The van der Waals surface area contributed by atoms with Crippen molar-refractivity contribution in [3.63, 3.8) is 0 Å². The molecule has 1 aliphatic heterocycles. The van der Waals surface area contributed by atoms with Gasteiger partial charge in [-0.25, -0.2) is 0 Å². The molecule has 0 spiro atoms. The highest BCUT2D eigenvalue weighted by Crippen LogP contribution is 2.22. The monoisotopic (exact) mass is 377 g/mol. The Bertz CT molecular complexity index is 987. The number of amides is 1. The molecule has 2 heterocycles. The molecule has 0 radical (unpaired) electrons. The lowest BCUT2D eigenvalue weighted by Crippen LogP contribution is -2.36. The highest BCUT2D eigenvalue weighted by molar-refractivity contribution is 5.99. The first-order valence-electron chi connectivity index (χ1n) is 9.86. The first-order chi connectivity index (χ1) is 13.6. The lowest BCUT2D eigenvalue weighted by molar-refractivity contribution is 0.0340. The summed E-state index contributed by atoms with van der Waals surface area (Å²) in [6, 6.07) is 14.2. The number of carbonyl (C=O) groups is 1. The molecule has 2 N–H and O–H groups in total. The molecule has 5 nitrogen and oxygen atoms in total. The molecule has 1 amide bonds. The molecule has 0 aliphatic carbocycles. The van der Waals surface area contributed by atoms with Crippen molar-refractivity contribution < 1.29 is 9.53 Å². The summed E-state index contributed by atoms with van der Waals surface area (Å²) in [7, 11) is 0. The SMILES string of the molecule is Cc1[nH]c2ccc(C(=O)NCc3ccccc3CN3CCOCC3)cc2c1C. The normalized spacial score (nSPS) is 15.1. The van der Waals surface area contributed by atoms with Crippen LogP contribution >= 0.6 is 0 Å². The summed E-state index contributed by atoms with van der Waals surface area (Å²) in [4.78, 5) is 18.5. The van der Waals surface area contributed by atoms with E-state index in [4.69, 9.17) is 4.74 Å². The second-order valence-corrected chi connectivity index (χ2v) is 7.48. The molecule has 1 fully saturated rings. The molecular weight excluding hydrogens is 350 g/mol. The van der Waals surface area contributed by atoms with Gasteiger partial charge in [-0.15, -0.1) is 0 Å². The van der Waals surface area contributed by atoms with Crippen LogP contribution in [0.2, 0.25) is 0 Å². The molecule has 4 rings (SSSR count). The summed E-state index contributed by atoms with van der Waals surface area (Å²) in [5, 5.41) is 4.20. The van der Waals surface area contributed by atoms with E-state index in [-0.39, 0.29) is 5.91 Å². The smallest absolute Gasteiger partial charge is 0.251 e. The second kappa shape index (κ2) is 8.17. The molecule has 1 aromatic heterocycles. The van der Waals surface area contributed by atoms with E-state index < -0.39 is 0 Å². The predicted molar refractivity (Wildman–Crippen MR) is 111 cm³/mol. The Morgan fingerprint density at radius 1 is 1.11 bits per heavy atom. The number of fused-ring (bicyclic) bond motifs is 1. The number of hydrogen-bond acceptors (Lipinski definition) is 3. The predicted octanol–water partition coefficient (Wildman–Crippen LogP) is 3.55. The topological polar surface area (TPSA) is 57.4 Å². The maximum atomic E-state index is 12.7. The van der Waals surface area contributed by atoms with Crippen LogP contribution in [0.4, 0.5) is 0 Å². The van der Waals surface area contributed by atoms with Crippen LogP contribution in [-0.2, 0) is 17.8 Å². The second-order valence-electron chi connectivity index (χ2n) is 7.48. The maximum Gasteiger partial charge on any atom is 0.251 e. The number of aromatic amines is 1. The van der Waals surface area contributed by atoms with Gasteiger partial charge in [0.1, 0.15) is 0 Å². The minimum Gasteiger partial charge on any atom is -0.379 e. The summed E-state index contributed by atoms with van der Waals surface area (Å²) in [5.74, 6) is -0.0404. The minimum atomic E-state index is -0.0404. The third kappa shape index (κ3) is 3.96. The van der Waals surface area contributed by atoms with Crippen molar-refractivity contribution in [2.45, 2.75) is 26.9 Å². The third-order valence-corrected chi connectivity index (χ3v) is 5.63. The Balaban J connectivity index is 1.45. The molecule has 1 saturated heterocycles. The number of rotatable bonds is 5. The number of aryl methyl sites for hydroxylation is 2. The molecule has 0 bridgehead atoms. The largest absolute Gasteiger partial charge is 0.379 e. The summed E-state index contributed by atoms with van der Waals surface area (Å²) >= 11 is 0. The number of nitrogens with one attached hydrogen (secondary N) is 2. The van der Waals surface area contributed by atoms with Gasteiger partial charge in [-0.3, -0.25) is 9.69 Å². The number of carbonyl (C=O) groups excluding carboxylic acids is 1. The highest BCUT2D eigenvalue weighted by atomic mass is 16.5. The Morgan fingerprint density at radius 2 is 1.86 bits per heavy atom. The fraction of sp³-hybridized carbons (Fsp3) is 0.348. The molecule has 28 heavy (non-hydrogen) atoms. The van der Waals surface area contributed by atoms with Gasteiger partial charge >= 0.3 is 0 Å². The van der Waals surface area contributed by atoms with Crippen LogP contribution in [0.25, 0.3) is 10.9 Å². The first-order valence-corrected chi connectivity index (χ1v) is 9.86. The highest BCUT2D eigenvalue weighted by Gasteiger charge is 2.14. The number of ether oxygens (including phenoxy) is 1. The summed E-state index contributed by atoms with van der Waals surface area (Å²) < 4.78 is 5.44. The van der Waals surface area contributed by atoms with E-state index in [9.17, 15) is 4.79 Å². The first kappa shape index (κ1) is 18.7. The zero-order valence-electron chi connectivity index (χ0n) is 16.5. The summed E-state index contributed by atoms with van der Waals surface area (Å²) in [5.41, 5.74) is 6.53. The van der Waals surface area contributed by atoms with E-state index in [1.807, 2.05) is 24.3 Å². The summed E-state index contributed by atoms with van der Waals surface area (Å²) in [6.45, 7) is 9.05. The molecule has 1 aliphatic rings.